The monoisotopic (exact) mass is 296 g/mol. The van der Waals surface area contributed by atoms with Gasteiger partial charge in [-0.25, -0.2) is 9.18 Å². The Kier molecular flexibility index (Phi) is 5.83. The number of carbonyl (C=O) groups is 3. The molecule has 1 atom stereocenters. The Hall–Kier alpha value is -2.44. The van der Waals surface area contributed by atoms with Crippen LogP contribution in [-0.2, 0) is 9.59 Å². The number of urea groups is 1. The van der Waals surface area contributed by atoms with Crippen LogP contribution in [0.5, 0.6) is 0 Å². The van der Waals surface area contributed by atoms with Crippen LogP contribution in [0.1, 0.15) is 36.9 Å². The Labute approximate surface area is 121 Å². The highest BCUT2D eigenvalue weighted by atomic mass is 19.1. The van der Waals surface area contributed by atoms with Crippen LogP contribution in [0.2, 0.25) is 0 Å². The first-order valence-corrected chi connectivity index (χ1v) is 6.37. The molecule has 1 aromatic carbocycles. The van der Waals surface area contributed by atoms with E-state index in [0.717, 1.165) is 0 Å². The average Bonchev–Trinajstić information content (AvgIpc) is 2.39. The fourth-order valence-corrected chi connectivity index (χ4v) is 1.60. The van der Waals surface area contributed by atoms with E-state index in [9.17, 15) is 18.8 Å². The number of rotatable bonds is 5. The second-order valence-corrected chi connectivity index (χ2v) is 4.65. The van der Waals surface area contributed by atoms with Crippen LogP contribution in [0.15, 0.2) is 18.2 Å². The molecule has 3 N–H and O–H groups in total. The summed E-state index contributed by atoms with van der Waals surface area (Å²) in [5.74, 6) is -2.18. The lowest BCUT2D eigenvalue weighted by Gasteiger charge is -2.15. The Morgan fingerprint density at radius 1 is 1.29 bits per heavy atom. The summed E-state index contributed by atoms with van der Waals surface area (Å²) >= 11 is 0. The fraction of sp³-hybridized carbons (Fsp3) is 0.357. The summed E-state index contributed by atoms with van der Waals surface area (Å²) in [7, 11) is 0. The molecule has 0 heterocycles. The van der Waals surface area contributed by atoms with Gasteiger partial charge < -0.3 is 10.4 Å². The van der Waals surface area contributed by atoms with Crippen LogP contribution < -0.4 is 10.6 Å². The lowest BCUT2D eigenvalue weighted by atomic mass is 10.1. The number of amides is 3. The number of carbonyl (C=O) groups excluding carboxylic acids is 2. The molecule has 0 radical (unpaired) electrons. The van der Waals surface area contributed by atoms with Crippen molar-refractivity contribution in [2.24, 2.45) is 0 Å². The summed E-state index contributed by atoms with van der Waals surface area (Å²) in [4.78, 5) is 33.1. The molecule has 0 fully saturated rings. The van der Waals surface area contributed by atoms with Crippen LogP contribution >= 0.6 is 0 Å². The third kappa shape index (κ3) is 5.60. The van der Waals surface area contributed by atoms with E-state index in [1.165, 1.54) is 6.07 Å². The molecule has 114 valence electrons. The van der Waals surface area contributed by atoms with E-state index in [1.807, 2.05) is 5.32 Å². The fourth-order valence-electron chi connectivity index (χ4n) is 1.60. The largest absolute Gasteiger partial charge is 0.481 e. The van der Waals surface area contributed by atoms with Crippen molar-refractivity contribution in [2.75, 3.05) is 0 Å². The van der Waals surface area contributed by atoms with E-state index >= 15 is 0 Å². The van der Waals surface area contributed by atoms with Gasteiger partial charge in [-0.15, -0.1) is 0 Å². The van der Waals surface area contributed by atoms with Gasteiger partial charge in [-0.2, -0.15) is 0 Å². The zero-order valence-corrected chi connectivity index (χ0v) is 11.8. The Bertz CT molecular complexity index is 560. The summed E-state index contributed by atoms with van der Waals surface area (Å²) in [6.45, 7) is 3.27. The Morgan fingerprint density at radius 3 is 2.52 bits per heavy atom. The van der Waals surface area contributed by atoms with E-state index in [1.54, 1.807) is 26.0 Å². The Balaban J connectivity index is 2.51. The second kappa shape index (κ2) is 7.37. The average molecular weight is 296 g/mol. The van der Waals surface area contributed by atoms with Gasteiger partial charge in [0, 0.05) is 6.42 Å². The maximum Gasteiger partial charge on any atom is 0.321 e. The van der Waals surface area contributed by atoms with Crippen LogP contribution in [0.4, 0.5) is 9.18 Å². The van der Waals surface area contributed by atoms with E-state index in [4.69, 9.17) is 5.11 Å². The van der Waals surface area contributed by atoms with Crippen LogP contribution in [0.3, 0.4) is 0 Å². The predicted octanol–water partition coefficient (Wildman–Crippen LogP) is 1.89. The molecule has 0 spiro atoms. The van der Waals surface area contributed by atoms with E-state index in [-0.39, 0.29) is 18.7 Å². The van der Waals surface area contributed by atoms with E-state index < -0.39 is 23.9 Å². The third-order valence-electron chi connectivity index (χ3n) is 2.86. The van der Waals surface area contributed by atoms with Gasteiger partial charge in [-0.05, 0) is 31.0 Å². The number of carboxylic acid groups (broad SMARTS) is 1. The van der Waals surface area contributed by atoms with Crippen molar-refractivity contribution >= 4 is 17.9 Å². The quantitative estimate of drug-likeness (QED) is 0.773. The van der Waals surface area contributed by atoms with Crippen molar-refractivity contribution in [1.82, 2.24) is 10.6 Å². The van der Waals surface area contributed by atoms with Gasteiger partial charge in [0.2, 0.25) is 5.91 Å². The van der Waals surface area contributed by atoms with Gasteiger partial charge in [0.05, 0.1) is 12.5 Å². The lowest BCUT2D eigenvalue weighted by molar-refractivity contribution is -0.138. The molecule has 0 bridgehead atoms. The molecule has 1 unspecified atom stereocenters. The molecule has 0 aliphatic heterocycles. The normalized spacial score (nSPS) is 11.6. The summed E-state index contributed by atoms with van der Waals surface area (Å²) in [5.41, 5.74) is 1.06. The number of halogens is 1. The molecule has 21 heavy (non-hydrogen) atoms. The number of imide groups is 1. The van der Waals surface area contributed by atoms with Gasteiger partial charge in [0.1, 0.15) is 5.82 Å². The summed E-state index contributed by atoms with van der Waals surface area (Å²) in [6, 6.07) is 3.34. The van der Waals surface area contributed by atoms with Crippen molar-refractivity contribution in [1.29, 1.82) is 0 Å². The number of benzene rings is 1. The highest BCUT2D eigenvalue weighted by molar-refractivity contribution is 5.95. The van der Waals surface area contributed by atoms with Gasteiger partial charge in [0.15, 0.2) is 0 Å². The molecule has 7 heteroatoms. The minimum atomic E-state index is -1.12. The number of hydrogen-bond acceptors (Lipinski definition) is 3. The zero-order valence-electron chi connectivity index (χ0n) is 11.8. The van der Waals surface area contributed by atoms with Gasteiger partial charge in [0.25, 0.3) is 0 Å². The van der Waals surface area contributed by atoms with E-state index in [2.05, 4.69) is 5.32 Å². The molecule has 6 nitrogen and oxygen atoms in total. The standard InChI is InChI=1S/C14H17FN2O4/c1-8-3-4-10(7-11(8)15)9(2)16-14(21)17-12(18)5-6-13(19)20/h3-4,7,9H,5-6H2,1-2H3,(H,19,20)(H2,16,17,18,21). The van der Waals surface area contributed by atoms with Crippen molar-refractivity contribution in [3.8, 4) is 0 Å². The van der Waals surface area contributed by atoms with Crippen LogP contribution in [0.25, 0.3) is 0 Å². The third-order valence-corrected chi connectivity index (χ3v) is 2.86. The SMILES string of the molecule is Cc1ccc(C(C)NC(=O)NC(=O)CCC(=O)O)cc1F. The molecule has 0 aliphatic carbocycles. The van der Waals surface area contributed by atoms with Crippen molar-refractivity contribution < 1.29 is 23.9 Å². The maximum atomic E-state index is 13.4. The van der Waals surface area contributed by atoms with E-state index in [0.29, 0.717) is 11.1 Å². The predicted molar refractivity (Wildman–Crippen MR) is 73.1 cm³/mol. The second-order valence-electron chi connectivity index (χ2n) is 4.65. The lowest BCUT2D eigenvalue weighted by Crippen LogP contribution is -2.40. The molecule has 0 aliphatic rings. The van der Waals surface area contributed by atoms with Crippen molar-refractivity contribution in [3.63, 3.8) is 0 Å². The summed E-state index contributed by atoms with van der Waals surface area (Å²) < 4.78 is 13.4. The number of aryl methyl sites for hydroxylation is 1. The zero-order chi connectivity index (χ0) is 16.0. The minimum absolute atomic E-state index is 0.281. The smallest absolute Gasteiger partial charge is 0.321 e. The highest BCUT2D eigenvalue weighted by Gasteiger charge is 2.14. The first kappa shape index (κ1) is 16.6. The van der Waals surface area contributed by atoms with Gasteiger partial charge in [-0.3, -0.25) is 14.9 Å². The van der Waals surface area contributed by atoms with Crippen molar-refractivity contribution in [3.05, 3.63) is 35.1 Å². The van der Waals surface area contributed by atoms with Gasteiger partial charge >= 0.3 is 12.0 Å². The summed E-state index contributed by atoms with van der Waals surface area (Å²) in [5, 5.41) is 12.9. The first-order chi connectivity index (χ1) is 9.79. The van der Waals surface area contributed by atoms with Gasteiger partial charge in [-0.1, -0.05) is 12.1 Å². The number of nitrogens with one attached hydrogen (secondary N) is 2. The molecular weight excluding hydrogens is 279 g/mol. The molecule has 0 saturated heterocycles. The minimum Gasteiger partial charge on any atom is -0.481 e. The maximum absolute atomic E-state index is 13.4. The summed E-state index contributed by atoms with van der Waals surface area (Å²) in [6.07, 6.45) is -0.631. The topological polar surface area (TPSA) is 95.5 Å². The number of aliphatic carboxylic acids is 1. The molecule has 3 amide bonds. The highest BCUT2D eigenvalue weighted by Crippen LogP contribution is 2.16. The van der Waals surface area contributed by atoms with Crippen molar-refractivity contribution in [2.45, 2.75) is 32.7 Å². The molecular formula is C14H17FN2O4. The molecule has 1 aromatic rings. The Morgan fingerprint density at radius 2 is 1.95 bits per heavy atom. The number of carboxylic acids is 1. The number of hydrogen-bond donors (Lipinski definition) is 3. The molecule has 0 aromatic heterocycles. The van der Waals surface area contributed by atoms with Crippen LogP contribution in [-0.4, -0.2) is 23.0 Å². The molecule has 0 saturated carbocycles. The van der Waals surface area contributed by atoms with Crippen LogP contribution in [0, 0.1) is 12.7 Å². The molecule has 1 rings (SSSR count). The first-order valence-electron chi connectivity index (χ1n) is 6.37.